The first-order valence-corrected chi connectivity index (χ1v) is 9.78. The Morgan fingerprint density at radius 1 is 0.680 bits per heavy atom. The second-order valence-electron chi connectivity index (χ2n) is 3.05. The van der Waals surface area contributed by atoms with Crippen molar-refractivity contribution < 1.29 is 66.5 Å². The average Bonchev–Trinajstić information content (AvgIpc) is 2.23. The fourth-order valence-corrected chi connectivity index (χ4v) is 0.453. The third-order valence-corrected chi connectivity index (χ3v) is 0.800. The van der Waals surface area contributed by atoms with Crippen LogP contribution in [0.15, 0.2) is 30.3 Å². The van der Waals surface area contributed by atoms with E-state index < -0.39 is 30.4 Å². The fourth-order valence-electron chi connectivity index (χ4n) is 0.453. The number of nitrogen functional groups attached to an aromatic ring is 1. The molecular weight excluding hydrogens is 421 g/mol. The molecule has 0 aliphatic heterocycles. The van der Waals surface area contributed by atoms with Gasteiger partial charge in [0.1, 0.15) is 0 Å². The van der Waals surface area contributed by atoms with Gasteiger partial charge in [-0.25, -0.2) is 22.5 Å². The van der Waals surface area contributed by atoms with Crippen molar-refractivity contribution in [1.82, 2.24) is 0 Å². The Morgan fingerprint density at radius 3 is 0.920 bits per heavy atom. The zero-order valence-electron chi connectivity index (χ0n) is 12.0. The minimum absolute atomic E-state index is 0.822. The van der Waals surface area contributed by atoms with E-state index >= 15 is 0 Å². The van der Waals surface area contributed by atoms with Crippen LogP contribution in [0, 0.1) is 0 Å². The number of hydrogen-bond acceptors (Lipinski definition) is 4. The molecule has 152 valence electrons. The molecule has 0 saturated carbocycles. The summed E-state index contributed by atoms with van der Waals surface area (Å²) >= 11 is 0. The number of rotatable bonds is 0. The molecule has 18 heteroatoms. The van der Waals surface area contributed by atoms with Crippen molar-refractivity contribution in [1.29, 1.82) is 0 Å². The summed E-state index contributed by atoms with van der Waals surface area (Å²) in [6.45, 7) is -1.75. The molecule has 0 aromatic heterocycles. The summed E-state index contributed by atoms with van der Waals surface area (Å²) in [5.41, 5.74) is 6.18. The van der Waals surface area contributed by atoms with Gasteiger partial charge in [-0.15, -0.1) is 0 Å². The largest absolute Gasteiger partial charge is 0.466 e. The number of para-hydroxylation sites is 1. The van der Waals surface area contributed by atoms with Gasteiger partial charge in [0.15, 0.2) is 0 Å². The zero-order valence-corrected chi connectivity index (χ0v) is 14.7. The number of hydrogen-bond donors (Lipinski definition) is 10. The van der Waals surface area contributed by atoms with Crippen molar-refractivity contribution in [3.8, 4) is 0 Å². The van der Waals surface area contributed by atoms with Gasteiger partial charge < -0.3 is 49.8 Å². The molecule has 11 N–H and O–H groups in total. The monoisotopic (exact) mass is 439 g/mol. The first kappa shape index (κ1) is 31.9. The number of phosphoric acid groups is 3. The molecule has 0 fully saturated rings. The minimum atomic E-state index is -4.64. The second kappa shape index (κ2) is 16.7. The van der Waals surface area contributed by atoms with E-state index in [1.165, 1.54) is 0 Å². The topological polar surface area (TPSA) is 259 Å². The van der Waals surface area contributed by atoms with Crippen molar-refractivity contribution in [2.45, 2.75) is 0 Å². The van der Waals surface area contributed by atoms with Gasteiger partial charge in [-0.2, -0.15) is 0 Å². The minimum Gasteiger partial charge on any atom is -0.399 e. The van der Waals surface area contributed by atoms with Crippen molar-refractivity contribution in [2.24, 2.45) is 0 Å². The summed E-state index contributed by atoms with van der Waals surface area (Å²) in [6.07, 6.45) is 0. The molecule has 0 aliphatic carbocycles. The lowest BCUT2D eigenvalue weighted by Crippen LogP contribution is -1.79. The van der Waals surface area contributed by atoms with E-state index in [2.05, 4.69) is 0 Å². The highest BCUT2D eigenvalue weighted by molar-refractivity contribution is 7.45. The summed E-state index contributed by atoms with van der Waals surface area (Å²) in [7, 11) is -13.9. The number of benzene rings is 1. The van der Waals surface area contributed by atoms with Crippen molar-refractivity contribution in [3.05, 3.63) is 30.3 Å². The smallest absolute Gasteiger partial charge is 0.399 e. The van der Waals surface area contributed by atoms with Crippen LogP contribution in [0.25, 0.3) is 0 Å². The van der Waals surface area contributed by atoms with Crippen LogP contribution in [0.1, 0.15) is 0 Å². The number of halogens is 2. The Hall–Kier alpha value is -0.790. The Labute approximate surface area is 139 Å². The molecule has 0 spiro atoms. The molecular formula is C7H18F2NO12P3. The third-order valence-electron chi connectivity index (χ3n) is 0.800. The summed E-state index contributed by atoms with van der Waals surface area (Å²) in [5.74, 6) is 0. The number of alkyl halides is 2. The quantitative estimate of drug-likeness (QED) is 0.178. The van der Waals surface area contributed by atoms with E-state index in [-0.39, 0.29) is 0 Å². The van der Waals surface area contributed by atoms with E-state index in [0.717, 1.165) is 5.69 Å². The Kier molecular flexibility index (Phi) is 21.3. The van der Waals surface area contributed by atoms with Gasteiger partial charge >= 0.3 is 23.5 Å². The number of nitrogens with two attached hydrogens (primary N) is 1. The van der Waals surface area contributed by atoms with E-state index in [1.54, 1.807) is 0 Å². The summed E-state index contributed by atoms with van der Waals surface area (Å²) in [4.78, 5) is 64.7. The average molecular weight is 439 g/mol. The first-order chi connectivity index (χ1) is 10.8. The lowest BCUT2D eigenvalue weighted by atomic mass is 10.3. The van der Waals surface area contributed by atoms with Crippen molar-refractivity contribution >= 4 is 29.2 Å². The van der Waals surface area contributed by atoms with Crippen LogP contribution in [0.4, 0.5) is 14.5 Å². The van der Waals surface area contributed by atoms with Crippen LogP contribution in [0.5, 0.6) is 0 Å². The molecule has 1 aromatic rings. The standard InChI is InChI=1S/C6H7N.CH2F2.3H3O4P/c7-6-4-2-1-3-5-6;2-1-3;3*1-5(2,3)4/h1-5H,7H2;1H2;3*(H3,1,2,3,4). The molecule has 0 saturated heterocycles. The maximum atomic E-state index is 9.62. The van der Waals surface area contributed by atoms with E-state index in [1.807, 2.05) is 30.3 Å². The molecule has 25 heavy (non-hydrogen) atoms. The number of anilines is 1. The van der Waals surface area contributed by atoms with E-state index in [9.17, 15) is 8.78 Å². The maximum Gasteiger partial charge on any atom is 0.466 e. The van der Waals surface area contributed by atoms with Crippen LogP contribution in [-0.4, -0.2) is 51.0 Å². The molecule has 0 bridgehead atoms. The van der Waals surface area contributed by atoms with Gasteiger partial charge in [-0.3, -0.25) is 0 Å². The Morgan fingerprint density at radius 2 is 0.840 bits per heavy atom. The molecule has 13 nitrogen and oxygen atoms in total. The molecule has 0 unspecified atom stereocenters. The lowest BCUT2D eigenvalue weighted by molar-refractivity contribution is 0.272. The summed E-state index contributed by atoms with van der Waals surface area (Å²) in [5, 5.41) is 0. The first-order valence-electron chi connectivity index (χ1n) is 5.08. The van der Waals surface area contributed by atoms with E-state index in [0.29, 0.717) is 0 Å². The highest BCUT2D eigenvalue weighted by Gasteiger charge is 2.01. The molecule has 0 radical (unpaired) electrons. The predicted octanol–water partition coefficient (Wildman–Crippen LogP) is -0.634. The fraction of sp³-hybridized carbons (Fsp3) is 0.143. The van der Waals surface area contributed by atoms with Crippen LogP contribution in [-0.2, 0) is 13.7 Å². The predicted molar refractivity (Wildman–Crippen MR) is 80.7 cm³/mol. The third kappa shape index (κ3) is 201. The van der Waals surface area contributed by atoms with Crippen LogP contribution in [0.2, 0.25) is 0 Å². The van der Waals surface area contributed by atoms with Gasteiger partial charge in [0, 0.05) is 5.69 Å². The maximum absolute atomic E-state index is 9.62. The van der Waals surface area contributed by atoms with Gasteiger partial charge in [-0.1, -0.05) is 18.2 Å². The summed E-state index contributed by atoms with van der Waals surface area (Å²) in [6, 6.07) is 9.49. The normalized spacial score (nSPS) is 10.2. The van der Waals surface area contributed by atoms with Crippen LogP contribution >= 0.6 is 23.5 Å². The van der Waals surface area contributed by atoms with Crippen LogP contribution in [0.3, 0.4) is 0 Å². The second-order valence-corrected chi connectivity index (χ2v) is 6.13. The van der Waals surface area contributed by atoms with Crippen molar-refractivity contribution in [3.63, 3.8) is 0 Å². The lowest BCUT2D eigenvalue weighted by Gasteiger charge is -1.83. The Bertz CT molecular complexity index is 471. The molecule has 0 heterocycles. The highest BCUT2D eigenvalue weighted by Crippen LogP contribution is 2.26. The molecule has 1 aromatic carbocycles. The molecule has 0 atom stereocenters. The highest BCUT2D eigenvalue weighted by atomic mass is 31.2. The van der Waals surface area contributed by atoms with E-state index in [4.69, 9.17) is 63.5 Å². The Balaban J connectivity index is -0.000000113. The summed E-state index contributed by atoms with van der Waals surface area (Å²) < 4.78 is 45.9. The van der Waals surface area contributed by atoms with Crippen LogP contribution < -0.4 is 5.73 Å². The van der Waals surface area contributed by atoms with Crippen molar-refractivity contribution in [2.75, 3.05) is 12.7 Å². The molecule has 1 rings (SSSR count). The molecule has 0 amide bonds. The zero-order chi connectivity index (χ0) is 21.3. The SMILES string of the molecule is FCF.Nc1ccccc1.O=P(O)(O)O.O=P(O)(O)O.O=P(O)(O)O. The molecule has 0 aliphatic rings. The van der Waals surface area contributed by atoms with Gasteiger partial charge in [0.05, 0.1) is 0 Å². The van der Waals surface area contributed by atoms with Gasteiger partial charge in [0.2, 0.25) is 6.93 Å². The van der Waals surface area contributed by atoms with Gasteiger partial charge in [-0.05, 0) is 12.1 Å². The van der Waals surface area contributed by atoms with Gasteiger partial charge in [0.25, 0.3) is 0 Å².